The highest BCUT2D eigenvalue weighted by Crippen LogP contribution is 2.25. The van der Waals surface area contributed by atoms with Crippen molar-refractivity contribution in [3.05, 3.63) is 58.9 Å². The molecular formula is C25H33ClFN5O2S. The minimum atomic E-state index is -0.497. The lowest BCUT2D eigenvalue weighted by Gasteiger charge is -2.33. The van der Waals surface area contributed by atoms with E-state index in [1.807, 2.05) is 24.3 Å². The van der Waals surface area contributed by atoms with Gasteiger partial charge in [0.25, 0.3) is 0 Å². The molecule has 0 saturated carbocycles. The van der Waals surface area contributed by atoms with Crippen molar-refractivity contribution in [3.8, 4) is 0 Å². The molecule has 0 bridgehead atoms. The van der Waals surface area contributed by atoms with Gasteiger partial charge in [-0.05, 0) is 69.5 Å². The molecular weight excluding hydrogens is 489 g/mol. The monoisotopic (exact) mass is 521 g/mol. The van der Waals surface area contributed by atoms with Gasteiger partial charge in [-0.2, -0.15) is 0 Å². The standard InChI is InChI=1S/C13H18N2O.C12H15ClFN3OS/c16-11-14-10-12-6-2-3-7-13(12)15-8-4-1-5-9-15;1-7-5-11(17(2)19-16-7)12(18)15-8-3-4-10(14)9(13)6-8/h2-3,6-7,11H,1,4-5,8-10H2,(H,14,16);3-4,6-7,11,16H,5H2,1-2H3,(H,15,18). The average molecular weight is 522 g/mol. The predicted molar refractivity (Wildman–Crippen MR) is 142 cm³/mol. The number of likely N-dealkylation sites (N-methyl/N-ethyl adjacent to an activating group) is 1. The number of nitrogens with one attached hydrogen (secondary N) is 3. The van der Waals surface area contributed by atoms with Crippen molar-refractivity contribution in [2.75, 3.05) is 30.4 Å². The molecule has 190 valence electrons. The Kier molecular flexibility index (Phi) is 10.7. The number of anilines is 2. The fourth-order valence-corrected chi connectivity index (χ4v) is 5.03. The summed E-state index contributed by atoms with van der Waals surface area (Å²) in [5, 5.41) is 5.49. The van der Waals surface area contributed by atoms with Crippen LogP contribution in [0.25, 0.3) is 0 Å². The molecule has 2 fully saturated rings. The van der Waals surface area contributed by atoms with Gasteiger partial charge in [-0.15, -0.1) is 0 Å². The van der Waals surface area contributed by atoms with Gasteiger partial charge in [-0.25, -0.2) is 13.4 Å². The third kappa shape index (κ3) is 8.10. The van der Waals surface area contributed by atoms with Crippen LogP contribution in [-0.4, -0.2) is 48.8 Å². The number of hydrogen-bond donors (Lipinski definition) is 3. The number of hydrogen-bond acceptors (Lipinski definition) is 6. The number of rotatable bonds is 6. The van der Waals surface area contributed by atoms with Crippen LogP contribution in [0.1, 0.15) is 38.2 Å². The van der Waals surface area contributed by atoms with Gasteiger partial charge in [0.05, 0.1) is 5.02 Å². The summed E-state index contributed by atoms with van der Waals surface area (Å²) < 4.78 is 18.1. The quantitative estimate of drug-likeness (QED) is 0.381. The Bertz CT molecular complexity index is 992. The van der Waals surface area contributed by atoms with Crippen molar-refractivity contribution in [2.24, 2.45) is 0 Å². The van der Waals surface area contributed by atoms with Crippen LogP contribution in [0.4, 0.5) is 15.8 Å². The Labute approximate surface area is 216 Å². The van der Waals surface area contributed by atoms with Gasteiger partial charge in [0.2, 0.25) is 12.3 Å². The lowest BCUT2D eigenvalue weighted by molar-refractivity contribution is -0.119. The van der Waals surface area contributed by atoms with Gasteiger partial charge < -0.3 is 15.5 Å². The minimum Gasteiger partial charge on any atom is -0.371 e. The largest absolute Gasteiger partial charge is 0.371 e. The van der Waals surface area contributed by atoms with E-state index in [1.165, 1.54) is 60.8 Å². The Morgan fingerprint density at radius 3 is 2.69 bits per heavy atom. The van der Waals surface area contributed by atoms with Crippen LogP contribution in [0, 0.1) is 5.82 Å². The van der Waals surface area contributed by atoms with Crippen LogP contribution in [0.15, 0.2) is 42.5 Å². The number of nitrogens with zero attached hydrogens (tertiary/aromatic N) is 2. The van der Waals surface area contributed by atoms with E-state index in [0.29, 0.717) is 18.7 Å². The molecule has 35 heavy (non-hydrogen) atoms. The van der Waals surface area contributed by atoms with Crippen molar-refractivity contribution in [1.29, 1.82) is 0 Å². The fourth-order valence-electron chi connectivity index (χ4n) is 4.10. The number of amides is 2. The Balaban J connectivity index is 0.000000198. The summed E-state index contributed by atoms with van der Waals surface area (Å²) in [6, 6.07) is 12.5. The van der Waals surface area contributed by atoms with E-state index >= 15 is 0 Å². The second kappa shape index (κ2) is 13.7. The van der Waals surface area contributed by atoms with E-state index in [0.717, 1.165) is 19.5 Å². The lowest BCUT2D eigenvalue weighted by Crippen LogP contribution is -2.48. The summed E-state index contributed by atoms with van der Waals surface area (Å²) in [6.45, 7) is 4.92. The smallest absolute Gasteiger partial charge is 0.242 e. The second-order valence-corrected chi connectivity index (χ2v) is 10.1. The van der Waals surface area contributed by atoms with Crippen molar-refractivity contribution >= 4 is 47.4 Å². The van der Waals surface area contributed by atoms with Crippen molar-refractivity contribution in [3.63, 3.8) is 0 Å². The van der Waals surface area contributed by atoms with E-state index in [1.54, 1.807) is 0 Å². The molecule has 2 aliphatic rings. The molecule has 2 heterocycles. The zero-order chi connectivity index (χ0) is 25.2. The number of halogens is 2. The second-order valence-electron chi connectivity index (χ2n) is 8.70. The molecule has 4 rings (SSSR count). The van der Waals surface area contributed by atoms with Crippen molar-refractivity contribution in [2.45, 2.75) is 51.2 Å². The number of benzene rings is 2. The van der Waals surface area contributed by atoms with E-state index in [4.69, 9.17) is 11.6 Å². The van der Waals surface area contributed by atoms with Crippen LogP contribution in [0.2, 0.25) is 5.02 Å². The Morgan fingerprint density at radius 1 is 1.23 bits per heavy atom. The van der Waals surface area contributed by atoms with Gasteiger partial charge in [0.1, 0.15) is 11.9 Å². The van der Waals surface area contributed by atoms with Crippen molar-refractivity contribution < 1.29 is 14.0 Å². The molecule has 7 nitrogen and oxygen atoms in total. The summed E-state index contributed by atoms with van der Waals surface area (Å²) in [5.41, 5.74) is 2.98. The fraction of sp³-hybridized carbons (Fsp3) is 0.440. The van der Waals surface area contributed by atoms with Gasteiger partial charge in [0.15, 0.2) is 0 Å². The van der Waals surface area contributed by atoms with Gasteiger partial charge in [-0.1, -0.05) is 29.8 Å². The Morgan fingerprint density at radius 2 is 1.97 bits per heavy atom. The van der Waals surface area contributed by atoms with Crippen molar-refractivity contribution in [1.82, 2.24) is 14.3 Å². The topological polar surface area (TPSA) is 76.7 Å². The van der Waals surface area contributed by atoms with E-state index in [2.05, 4.69) is 38.5 Å². The maximum atomic E-state index is 13.0. The normalized spacial score (nSPS) is 20.4. The molecule has 2 saturated heterocycles. The maximum Gasteiger partial charge on any atom is 0.242 e. The summed E-state index contributed by atoms with van der Waals surface area (Å²) in [6.07, 6.45) is 5.35. The number of carbonyl (C=O) groups is 2. The number of para-hydroxylation sites is 1. The first kappa shape index (κ1) is 27.3. The molecule has 0 radical (unpaired) electrons. The summed E-state index contributed by atoms with van der Waals surface area (Å²) in [7, 11) is 1.85. The van der Waals surface area contributed by atoms with Crippen LogP contribution >= 0.6 is 23.7 Å². The molecule has 0 aliphatic carbocycles. The van der Waals surface area contributed by atoms with Gasteiger partial charge in [0, 0.05) is 49.2 Å². The van der Waals surface area contributed by atoms with E-state index in [9.17, 15) is 14.0 Å². The Hall–Kier alpha value is -2.33. The van der Waals surface area contributed by atoms with Crippen LogP contribution in [0.5, 0.6) is 0 Å². The lowest BCUT2D eigenvalue weighted by atomic mass is 10.1. The molecule has 2 aliphatic heterocycles. The SMILES string of the molecule is CC1CC(C(=O)Nc2ccc(F)c(Cl)c2)N(C)SN1.O=CNCc1ccccc1N1CCCCC1. The zero-order valence-corrected chi connectivity index (χ0v) is 21.7. The van der Waals surface area contributed by atoms with Gasteiger partial charge >= 0.3 is 0 Å². The summed E-state index contributed by atoms with van der Waals surface area (Å²) in [4.78, 5) is 25.0. The summed E-state index contributed by atoms with van der Waals surface area (Å²) in [5.74, 6) is -0.617. The predicted octanol–water partition coefficient (Wildman–Crippen LogP) is 4.59. The van der Waals surface area contributed by atoms with E-state index in [-0.39, 0.29) is 23.0 Å². The maximum absolute atomic E-state index is 13.0. The number of carbonyl (C=O) groups excluding carboxylic acids is 2. The molecule has 2 unspecified atom stereocenters. The van der Waals surface area contributed by atoms with Crippen LogP contribution < -0.4 is 20.3 Å². The third-order valence-corrected chi connectivity index (χ3v) is 7.31. The van der Waals surface area contributed by atoms with E-state index < -0.39 is 5.82 Å². The third-order valence-electron chi connectivity index (χ3n) is 5.97. The molecule has 0 spiro atoms. The molecule has 2 atom stereocenters. The minimum absolute atomic E-state index is 0.000733. The molecule has 3 N–H and O–H groups in total. The zero-order valence-electron chi connectivity index (χ0n) is 20.1. The highest BCUT2D eigenvalue weighted by molar-refractivity contribution is 7.95. The first-order valence-electron chi connectivity index (χ1n) is 11.8. The molecule has 2 amide bonds. The molecule has 2 aromatic rings. The molecule has 2 aromatic carbocycles. The first-order chi connectivity index (χ1) is 16.9. The average Bonchev–Trinajstić information content (AvgIpc) is 2.87. The first-order valence-corrected chi connectivity index (χ1v) is 12.9. The summed E-state index contributed by atoms with van der Waals surface area (Å²) >= 11 is 7.10. The molecule has 10 heteroatoms. The highest BCUT2D eigenvalue weighted by atomic mass is 35.5. The number of piperidine rings is 1. The van der Waals surface area contributed by atoms with Gasteiger partial charge in [-0.3, -0.25) is 9.59 Å². The highest BCUT2D eigenvalue weighted by Gasteiger charge is 2.30. The molecule has 0 aromatic heterocycles. The van der Waals surface area contributed by atoms with Crippen LogP contribution in [-0.2, 0) is 16.1 Å². The van der Waals surface area contributed by atoms with Crippen LogP contribution in [0.3, 0.4) is 0 Å².